The number of nitrogens with zero attached hydrogens (tertiary/aromatic N) is 2. The second kappa shape index (κ2) is 10.7. The number of carbonyl (C=O) groups is 2. The molecule has 0 unspecified atom stereocenters. The van der Waals surface area contributed by atoms with Crippen LogP contribution in [-0.2, 0) is 16.0 Å². The van der Waals surface area contributed by atoms with E-state index >= 15 is 0 Å². The molecule has 1 N–H and O–H groups in total. The summed E-state index contributed by atoms with van der Waals surface area (Å²) < 4.78 is 16.0. The highest BCUT2D eigenvalue weighted by molar-refractivity contribution is 7.80. The fraction of sp³-hybridized carbons (Fsp3) is 0.222. The molecule has 2 aliphatic heterocycles. The molecule has 2 aliphatic rings. The maximum Gasteiger partial charge on any atom is 0.256 e. The van der Waals surface area contributed by atoms with Gasteiger partial charge in [-0.15, -0.1) is 0 Å². The number of halogens is 1. The van der Waals surface area contributed by atoms with Crippen molar-refractivity contribution in [3.63, 3.8) is 0 Å². The van der Waals surface area contributed by atoms with E-state index in [0.717, 1.165) is 5.56 Å². The zero-order chi connectivity index (χ0) is 25.9. The molecule has 0 saturated carbocycles. The Morgan fingerprint density at radius 2 is 1.81 bits per heavy atom. The number of ether oxygens (including phenoxy) is 3. The van der Waals surface area contributed by atoms with Gasteiger partial charge >= 0.3 is 0 Å². The summed E-state index contributed by atoms with van der Waals surface area (Å²) in [6.07, 6.45) is 0.558. The summed E-state index contributed by atoms with van der Waals surface area (Å²) in [5.41, 5.74) is 2.22. The van der Waals surface area contributed by atoms with Gasteiger partial charge in [0.1, 0.15) is 11.8 Å². The highest BCUT2D eigenvalue weighted by Crippen LogP contribution is 2.37. The molecule has 2 amide bonds. The van der Waals surface area contributed by atoms with E-state index in [1.807, 2.05) is 29.2 Å². The highest BCUT2D eigenvalue weighted by atomic mass is 35.5. The number of hydrogen-bond acceptors (Lipinski definition) is 6. The van der Waals surface area contributed by atoms with Gasteiger partial charge in [0, 0.05) is 23.3 Å². The third-order valence-electron chi connectivity index (χ3n) is 6.24. The summed E-state index contributed by atoms with van der Waals surface area (Å²) in [6.45, 7) is 0.576. The second-order valence-electron chi connectivity index (χ2n) is 8.56. The van der Waals surface area contributed by atoms with Crippen LogP contribution in [0, 0.1) is 0 Å². The number of fused-ring (bicyclic) bond motifs is 1. The van der Waals surface area contributed by atoms with E-state index in [-0.39, 0.29) is 25.0 Å². The molecule has 1 atom stereocenters. The normalized spacial score (nSPS) is 16.3. The quantitative estimate of drug-likeness (QED) is 0.419. The van der Waals surface area contributed by atoms with Crippen LogP contribution < -0.4 is 24.4 Å². The van der Waals surface area contributed by atoms with Crippen LogP contribution in [0.2, 0.25) is 5.02 Å². The van der Waals surface area contributed by atoms with E-state index in [4.69, 9.17) is 38.0 Å². The number of methoxy groups -OCH3 is 1. The van der Waals surface area contributed by atoms with Crippen LogP contribution in [0.15, 0.2) is 66.7 Å². The van der Waals surface area contributed by atoms with Crippen molar-refractivity contribution < 1.29 is 23.8 Å². The van der Waals surface area contributed by atoms with Gasteiger partial charge in [-0.25, -0.2) is 0 Å². The molecular formula is C27H24ClN3O5S. The molecule has 0 bridgehead atoms. The molecule has 0 spiro atoms. The van der Waals surface area contributed by atoms with Crippen LogP contribution in [-0.4, -0.2) is 48.3 Å². The van der Waals surface area contributed by atoms with Gasteiger partial charge in [0.2, 0.25) is 12.7 Å². The molecule has 0 aliphatic carbocycles. The molecule has 3 aromatic carbocycles. The molecule has 0 aromatic heterocycles. The van der Waals surface area contributed by atoms with E-state index in [9.17, 15) is 9.59 Å². The third-order valence-corrected chi connectivity index (χ3v) is 6.91. The lowest BCUT2D eigenvalue weighted by Crippen LogP contribution is -2.39. The Bertz CT molecular complexity index is 1330. The summed E-state index contributed by atoms with van der Waals surface area (Å²) in [5, 5.41) is 3.84. The Hall–Kier alpha value is -3.82. The number of nitrogens with one attached hydrogen (secondary N) is 1. The highest BCUT2D eigenvalue weighted by Gasteiger charge is 2.44. The largest absolute Gasteiger partial charge is 0.497 e. The fourth-order valence-electron chi connectivity index (χ4n) is 4.31. The molecule has 5 rings (SSSR count). The van der Waals surface area contributed by atoms with Crippen molar-refractivity contribution >= 4 is 52.1 Å². The molecule has 190 valence electrons. The van der Waals surface area contributed by atoms with Gasteiger partial charge in [-0.3, -0.25) is 14.5 Å². The predicted molar refractivity (Wildman–Crippen MR) is 145 cm³/mol. The number of hydrogen-bond donors (Lipinski definition) is 1. The second-order valence-corrected chi connectivity index (χ2v) is 9.36. The zero-order valence-corrected chi connectivity index (χ0v) is 21.6. The third kappa shape index (κ3) is 5.33. The Labute approximate surface area is 224 Å². The molecule has 0 radical (unpaired) electrons. The van der Waals surface area contributed by atoms with Crippen LogP contribution in [0.25, 0.3) is 0 Å². The smallest absolute Gasteiger partial charge is 0.256 e. The van der Waals surface area contributed by atoms with Gasteiger partial charge in [0.25, 0.3) is 5.91 Å². The number of anilines is 2. The van der Waals surface area contributed by atoms with Crippen molar-refractivity contribution in [2.24, 2.45) is 0 Å². The number of amides is 2. The van der Waals surface area contributed by atoms with E-state index in [1.165, 1.54) is 4.90 Å². The maximum absolute atomic E-state index is 13.7. The van der Waals surface area contributed by atoms with Crippen molar-refractivity contribution in [1.29, 1.82) is 0 Å². The van der Waals surface area contributed by atoms with Crippen molar-refractivity contribution in [2.75, 3.05) is 30.7 Å². The van der Waals surface area contributed by atoms with Crippen molar-refractivity contribution in [3.05, 3.63) is 77.3 Å². The number of carbonyl (C=O) groups excluding carboxylic acids is 2. The zero-order valence-electron chi connectivity index (χ0n) is 20.0. The topological polar surface area (TPSA) is 80.3 Å². The Morgan fingerprint density at radius 3 is 2.54 bits per heavy atom. The summed E-state index contributed by atoms with van der Waals surface area (Å²) in [6, 6.07) is 19.0. The minimum Gasteiger partial charge on any atom is -0.497 e. The number of rotatable bonds is 8. The van der Waals surface area contributed by atoms with Crippen molar-refractivity contribution in [3.8, 4) is 17.2 Å². The summed E-state index contributed by atoms with van der Waals surface area (Å²) >= 11 is 11.8. The first-order chi connectivity index (χ1) is 17.9. The van der Waals surface area contributed by atoms with Gasteiger partial charge in [0.15, 0.2) is 16.6 Å². The molecule has 37 heavy (non-hydrogen) atoms. The summed E-state index contributed by atoms with van der Waals surface area (Å²) in [7, 11) is 1.58. The van der Waals surface area contributed by atoms with Gasteiger partial charge in [0.05, 0.1) is 19.2 Å². The molecule has 1 fully saturated rings. The van der Waals surface area contributed by atoms with E-state index < -0.39 is 6.04 Å². The monoisotopic (exact) mass is 537 g/mol. The summed E-state index contributed by atoms with van der Waals surface area (Å²) in [4.78, 5) is 29.9. The standard InChI is InChI=1S/C27H24ClN3O5S/c1-34-21-9-6-19(7-10-21)29-25(32)15-22-26(33)31(20-8-11-23-24(14-20)36-16-35-23)27(37)30(22)13-12-17-2-4-18(28)5-3-17/h2-11,14,22H,12-13,15-16H2,1H3,(H,29,32)/t22-/m1/s1. The van der Waals surface area contributed by atoms with Gasteiger partial charge in [-0.1, -0.05) is 23.7 Å². The van der Waals surface area contributed by atoms with Crippen molar-refractivity contribution in [2.45, 2.75) is 18.9 Å². The minimum absolute atomic E-state index is 0.0628. The molecular weight excluding hydrogens is 514 g/mol. The molecule has 10 heteroatoms. The van der Waals surface area contributed by atoms with Gasteiger partial charge < -0.3 is 24.4 Å². The molecule has 2 heterocycles. The van der Waals surface area contributed by atoms with Gasteiger partial charge in [-0.2, -0.15) is 0 Å². The maximum atomic E-state index is 13.7. The first kappa shape index (κ1) is 24.9. The first-order valence-corrected chi connectivity index (χ1v) is 12.4. The SMILES string of the molecule is COc1ccc(NC(=O)C[C@@H]2C(=O)N(c3ccc4c(c3)OCO4)C(=S)N2CCc2ccc(Cl)cc2)cc1. The summed E-state index contributed by atoms with van der Waals surface area (Å²) in [5.74, 6) is 1.26. The number of thiocarbonyl (C=S) groups is 1. The Balaban J connectivity index is 1.37. The Kier molecular flexibility index (Phi) is 7.16. The average Bonchev–Trinajstić information content (AvgIpc) is 3.46. The first-order valence-electron chi connectivity index (χ1n) is 11.7. The van der Waals surface area contributed by atoms with E-state index in [2.05, 4.69) is 5.32 Å². The molecule has 1 saturated heterocycles. The lowest BCUT2D eigenvalue weighted by atomic mass is 10.1. The van der Waals surface area contributed by atoms with Gasteiger partial charge in [-0.05, 0) is 72.7 Å². The van der Waals surface area contributed by atoms with Crippen LogP contribution in [0.4, 0.5) is 11.4 Å². The van der Waals surface area contributed by atoms with Crippen LogP contribution in [0.3, 0.4) is 0 Å². The van der Waals surface area contributed by atoms with Crippen LogP contribution in [0.1, 0.15) is 12.0 Å². The molecule has 3 aromatic rings. The average molecular weight is 538 g/mol. The fourth-order valence-corrected chi connectivity index (χ4v) is 4.85. The van der Waals surface area contributed by atoms with E-state index in [0.29, 0.717) is 51.7 Å². The van der Waals surface area contributed by atoms with Crippen molar-refractivity contribution in [1.82, 2.24) is 4.90 Å². The van der Waals surface area contributed by atoms with E-state index in [1.54, 1.807) is 49.6 Å². The number of benzene rings is 3. The lowest BCUT2D eigenvalue weighted by molar-refractivity contribution is -0.124. The predicted octanol–water partition coefficient (Wildman–Crippen LogP) is 4.65. The van der Waals surface area contributed by atoms with Crippen LogP contribution in [0.5, 0.6) is 17.2 Å². The lowest BCUT2D eigenvalue weighted by Gasteiger charge is -2.24. The Morgan fingerprint density at radius 1 is 1.08 bits per heavy atom. The molecule has 8 nitrogen and oxygen atoms in total. The minimum atomic E-state index is -0.761. The van der Waals surface area contributed by atoms with Crippen LogP contribution >= 0.6 is 23.8 Å².